The summed E-state index contributed by atoms with van der Waals surface area (Å²) in [6.45, 7) is 26.3. The van der Waals surface area contributed by atoms with Crippen LogP contribution in [0.25, 0.3) is 0 Å². The van der Waals surface area contributed by atoms with Crippen LogP contribution in [0.2, 0.25) is 0 Å². The molecule has 2 saturated carbocycles. The van der Waals surface area contributed by atoms with E-state index in [1.807, 2.05) is 6.92 Å². The lowest BCUT2D eigenvalue weighted by Crippen LogP contribution is -2.57. The molecule has 1 amide bonds. The normalized spacial score (nSPS) is 33.3. The first-order chi connectivity index (χ1) is 38.2. The van der Waals surface area contributed by atoms with Crippen LogP contribution >= 0.6 is 0 Å². The first-order valence-corrected chi connectivity index (χ1v) is 28.0. The number of ketones is 1. The second kappa shape index (κ2) is 27.9. The first-order valence-electron chi connectivity index (χ1n) is 29.0. The summed E-state index contributed by atoms with van der Waals surface area (Å²) in [4.78, 5) is 64.2. The maximum atomic E-state index is 13.0. The highest BCUT2D eigenvalue weighted by atomic mass is 16.7. The number of non-ortho nitro benzene ring substituents is 1. The molecular formula is C58H93N5O16. The van der Waals surface area contributed by atoms with E-state index in [9.17, 15) is 29.3 Å². The molecule has 0 unspecified atom stereocenters. The van der Waals surface area contributed by atoms with Crippen LogP contribution in [0.3, 0.4) is 0 Å². The highest BCUT2D eigenvalue weighted by Crippen LogP contribution is 2.61. The summed E-state index contributed by atoms with van der Waals surface area (Å²) in [7, 11) is 3.30. The number of carbonyl (C=O) groups excluding carboxylic acids is 4. The van der Waals surface area contributed by atoms with Crippen LogP contribution < -0.4 is 10.1 Å². The first kappa shape index (κ1) is 62.0. The number of epoxide rings is 4. The molecule has 0 aromatic heterocycles. The van der Waals surface area contributed by atoms with Crippen molar-refractivity contribution in [1.82, 2.24) is 20.0 Å². The molecule has 79 heavy (non-hydrogen) atoms. The molecule has 1 aromatic rings. The van der Waals surface area contributed by atoms with Crippen LogP contribution in [0.5, 0.6) is 5.75 Å². The number of rotatable bonds is 19. The average molecular weight is 1120 g/mol. The number of Topliss-reactive ketones (excluding diaryl/α,β-unsaturated/α-hetero) is 1. The second-order valence-electron chi connectivity index (χ2n) is 22.9. The van der Waals surface area contributed by atoms with Gasteiger partial charge in [0.2, 0.25) is 0 Å². The number of hydrogen-bond acceptors (Lipinski definition) is 19. The van der Waals surface area contributed by atoms with Crippen molar-refractivity contribution in [2.75, 3.05) is 99.5 Å². The summed E-state index contributed by atoms with van der Waals surface area (Å²) in [5, 5.41) is 14.0. The van der Waals surface area contributed by atoms with E-state index in [1.165, 1.54) is 35.4 Å². The van der Waals surface area contributed by atoms with Crippen LogP contribution in [0.15, 0.2) is 47.6 Å². The fourth-order valence-corrected chi connectivity index (χ4v) is 12.1. The fourth-order valence-electron chi connectivity index (χ4n) is 12.1. The molecule has 446 valence electrons. The Labute approximate surface area is 470 Å². The van der Waals surface area contributed by atoms with E-state index in [0.717, 1.165) is 84.5 Å². The molecule has 21 heteroatoms. The summed E-state index contributed by atoms with van der Waals surface area (Å²) in [6.07, 6.45) is 7.59. The third-order valence-electron chi connectivity index (χ3n) is 16.8. The highest BCUT2D eigenvalue weighted by molar-refractivity contribution is 5.75. The Hall–Kier alpha value is -4.58. The van der Waals surface area contributed by atoms with Crippen molar-refractivity contribution in [1.29, 1.82) is 0 Å². The molecule has 1 aromatic carbocycles. The molecule has 0 radical (unpaired) electrons. The smallest absolute Gasteiger partial charge is 0.466 e. The zero-order valence-electron chi connectivity index (χ0n) is 49.8. The number of allylic oxidation sites excluding steroid dienone is 2. The van der Waals surface area contributed by atoms with E-state index in [0.29, 0.717) is 52.2 Å². The number of esters is 1. The second-order valence-corrected chi connectivity index (χ2v) is 22.9. The third-order valence-corrected chi connectivity index (χ3v) is 16.8. The topological polar surface area (TPSA) is 239 Å². The van der Waals surface area contributed by atoms with E-state index in [-0.39, 0.29) is 89.8 Å². The van der Waals surface area contributed by atoms with E-state index >= 15 is 0 Å². The summed E-state index contributed by atoms with van der Waals surface area (Å²) in [5.41, 5.74) is 1.14. The maximum Gasteiger partial charge on any atom is 0.514 e. The predicted molar refractivity (Wildman–Crippen MR) is 296 cm³/mol. The van der Waals surface area contributed by atoms with Gasteiger partial charge in [0.1, 0.15) is 58.4 Å². The van der Waals surface area contributed by atoms with E-state index in [2.05, 4.69) is 68.8 Å². The van der Waals surface area contributed by atoms with Gasteiger partial charge < -0.3 is 62.5 Å². The van der Waals surface area contributed by atoms with Crippen molar-refractivity contribution in [2.45, 2.75) is 173 Å². The lowest BCUT2D eigenvalue weighted by atomic mass is 9.68. The van der Waals surface area contributed by atoms with Gasteiger partial charge in [0.15, 0.2) is 0 Å². The van der Waals surface area contributed by atoms with Gasteiger partial charge in [0.25, 0.3) is 5.69 Å². The van der Waals surface area contributed by atoms with Gasteiger partial charge in [-0.1, -0.05) is 30.7 Å². The molecule has 6 aliphatic heterocycles. The van der Waals surface area contributed by atoms with Gasteiger partial charge in [-0.2, -0.15) is 0 Å². The number of nitro benzene ring substituents is 1. The van der Waals surface area contributed by atoms with Crippen LogP contribution in [0.1, 0.15) is 117 Å². The van der Waals surface area contributed by atoms with E-state index in [4.69, 9.17) is 50.3 Å². The zero-order chi connectivity index (χ0) is 58.4. The summed E-state index contributed by atoms with van der Waals surface area (Å²) in [6, 6.07) is 5.25. The minimum Gasteiger partial charge on any atom is -0.466 e. The molecule has 6 heterocycles. The van der Waals surface area contributed by atoms with Gasteiger partial charge >= 0.3 is 18.2 Å². The van der Waals surface area contributed by atoms with Crippen molar-refractivity contribution < 1.29 is 74.4 Å². The number of nitrogens with zero attached hydrogens (tertiary/aromatic N) is 4. The molecule has 6 saturated heterocycles. The fraction of sp³-hybridized carbons (Fsp3) is 0.759. The van der Waals surface area contributed by atoms with Crippen LogP contribution in [0, 0.1) is 22.0 Å². The largest absolute Gasteiger partial charge is 0.514 e. The van der Waals surface area contributed by atoms with Gasteiger partial charge in [0.05, 0.1) is 55.2 Å². The number of methoxy groups -OCH3 is 2. The van der Waals surface area contributed by atoms with Gasteiger partial charge in [-0.3, -0.25) is 24.6 Å². The Morgan fingerprint density at radius 1 is 0.759 bits per heavy atom. The number of piperazine rings is 2. The Morgan fingerprint density at radius 2 is 1.24 bits per heavy atom. The van der Waals surface area contributed by atoms with Crippen molar-refractivity contribution in [3.05, 3.63) is 57.7 Å². The Balaban J connectivity index is 0.000000236. The van der Waals surface area contributed by atoms with Crippen molar-refractivity contribution >= 4 is 29.7 Å². The SMILES string of the molecule is C.CCOC(=O)CCN1CCNCC1.CO[C@@H]1[C@H](OC(=O)N2CCN(CCC(C)=O)CC2)CC[C@]2(CO2)[C@H]1[C@@]1(C)O[C@@H]1CC=C(C)C.CO[C@@H]1[C@H](OC(=O)Oc2ccc([N+](=O)[O-])cc2)CC[C@]2(CO2)[C@H]1[C@@]1(C)O[C@@H]1CC=C(C)C.[2H][2H]. The monoisotopic (exact) mass is 1120 g/mol. The Kier molecular flexibility index (Phi) is 21.9. The molecule has 0 bridgehead atoms. The van der Waals surface area contributed by atoms with Gasteiger partial charge in [-0.25, -0.2) is 9.59 Å². The van der Waals surface area contributed by atoms with Gasteiger partial charge in [-0.05, 0) is 106 Å². The molecule has 2 aliphatic carbocycles. The van der Waals surface area contributed by atoms with Crippen molar-refractivity contribution in [3.63, 3.8) is 0 Å². The number of nitro groups is 1. The molecule has 1 N–H and O–H groups in total. The lowest BCUT2D eigenvalue weighted by molar-refractivity contribution is -0.384. The quantitative estimate of drug-likeness (QED) is 0.0265. The number of carbonyl (C=O) groups is 4. The zero-order valence-corrected chi connectivity index (χ0v) is 47.8. The van der Waals surface area contributed by atoms with Gasteiger partial charge in [0, 0.05) is 101 Å². The van der Waals surface area contributed by atoms with Crippen molar-refractivity contribution in [2.24, 2.45) is 11.8 Å². The summed E-state index contributed by atoms with van der Waals surface area (Å²) < 4.78 is 67.9. The molecule has 21 nitrogen and oxygen atoms in total. The average Bonchev–Trinajstić information content (AvgIpc) is 3.01. The van der Waals surface area contributed by atoms with E-state index < -0.39 is 28.9 Å². The van der Waals surface area contributed by atoms with Crippen LogP contribution in [-0.2, 0) is 52.2 Å². The number of benzene rings is 1. The minimum absolute atomic E-state index is 0. The number of hydrogen-bond donors (Lipinski definition) is 1. The Morgan fingerprint density at radius 3 is 1.68 bits per heavy atom. The molecule has 8 fully saturated rings. The van der Waals surface area contributed by atoms with Gasteiger partial charge in [-0.15, -0.1) is 0 Å². The summed E-state index contributed by atoms with van der Waals surface area (Å²) >= 11 is 0. The molecule has 12 atom stereocenters. The highest BCUT2D eigenvalue weighted by Gasteiger charge is 2.73. The standard InChI is InChI=1S/C25H40N2O6.C23H29NO8.C9H18N2O2.CH4.H2/c1-17(2)6-7-20-24(4,33-20)22-21(30-5)19(8-10-25(22)16-31-25)32-23(29)27-14-12-26(13-15-27)11-9-18(3)28;1-14(2)5-10-18-22(3,32-18)20-19(28-4)17(11-12-23(20)13-29-23)31-21(25)30-16-8-6-15(7-9-16)24(26)27;1-2-13-9(12)3-6-11-7-4-10-5-8-11;;/h6,19-22H,7-16H2,1-5H3;5-9,17-20H,10-13H2,1-4H3;10H,2-8H2,1H3;1H4;1H/t19-,20-,21-,22-,24+,25+;17-,18-,19-,20-,22+,23+;;;/m11.../s1/i;;;;1+1D. The molecule has 9 rings (SSSR count). The van der Waals surface area contributed by atoms with E-state index in [1.54, 1.807) is 26.0 Å². The van der Waals surface area contributed by atoms with Crippen LogP contribution in [0.4, 0.5) is 15.3 Å². The Bertz CT molecular complexity index is 2280. The van der Waals surface area contributed by atoms with Crippen LogP contribution in [-0.4, -0.2) is 202 Å². The number of amides is 1. The van der Waals surface area contributed by atoms with Crippen molar-refractivity contribution in [3.8, 4) is 5.75 Å². The number of nitrogens with one attached hydrogen (secondary N) is 1. The third kappa shape index (κ3) is 16.6. The molecule has 2 spiro atoms. The predicted octanol–water partition coefficient (Wildman–Crippen LogP) is 7.71. The molecular weight excluding hydrogens is 1020 g/mol. The summed E-state index contributed by atoms with van der Waals surface area (Å²) in [5.74, 6) is 0.231. The molecule has 8 aliphatic rings. The number of ether oxygens (including phenoxy) is 10. The lowest BCUT2D eigenvalue weighted by Gasteiger charge is -2.43. The maximum absolute atomic E-state index is 13.0. The minimum atomic E-state index is -0.875.